The first-order chi connectivity index (χ1) is 15.0. The van der Waals surface area contributed by atoms with Crippen LogP contribution in [0.3, 0.4) is 0 Å². The van der Waals surface area contributed by atoms with E-state index < -0.39 is 5.60 Å². The van der Waals surface area contributed by atoms with E-state index in [1.807, 2.05) is 30.3 Å². The summed E-state index contributed by atoms with van der Waals surface area (Å²) in [4.78, 5) is 31.1. The number of hydrogen-bond acceptors (Lipinski definition) is 3. The molecule has 1 amide bonds. The number of benzene rings is 2. The maximum Gasteiger partial charge on any atom is 0.268 e. The van der Waals surface area contributed by atoms with Gasteiger partial charge in [-0.1, -0.05) is 49.4 Å². The van der Waals surface area contributed by atoms with Gasteiger partial charge < -0.3 is 14.9 Å². The molecule has 0 aromatic heterocycles. The Balaban J connectivity index is 1.55. The maximum atomic E-state index is 13.5. The summed E-state index contributed by atoms with van der Waals surface area (Å²) < 4.78 is 0. The van der Waals surface area contributed by atoms with Crippen LogP contribution < -0.4 is 14.7 Å². The predicted molar refractivity (Wildman–Crippen MR) is 119 cm³/mol. The van der Waals surface area contributed by atoms with E-state index in [9.17, 15) is 14.7 Å². The van der Waals surface area contributed by atoms with E-state index in [1.54, 1.807) is 28.0 Å². The van der Waals surface area contributed by atoms with Gasteiger partial charge in [-0.3, -0.25) is 14.5 Å². The minimum absolute atomic E-state index is 0.220. The molecule has 0 aliphatic carbocycles. The maximum absolute atomic E-state index is 13.5. The Labute approximate surface area is 184 Å². The van der Waals surface area contributed by atoms with Crippen LogP contribution in [-0.4, -0.2) is 56.2 Å². The van der Waals surface area contributed by atoms with Gasteiger partial charge in [-0.2, -0.15) is 0 Å². The molecular formula is C25H33N3O3+2. The highest BCUT2D eigenvalue weighted by atomic mass is 16.3. The number of anilines is 1. The first-order valence-corrected chi connectivity index (χ1v) is 11.4. The SMILES string of the molecule is CCc1ccc(C(=O)C[C@@]2(O)C(=O)N(C[NH+]3CC[NH+](CC)CC3)c3ccccc32)cc1. The number of carbonyl (C=O) groups is 2. The molecule has 0 unspecified atom stereocenters. The van der Waals surface area contributed by atoms with E-state index >= 15 is 0 Å². The third-order valence-corrected chi connectivity index (χ3v) is 6.89. The van der Waals surface area contributed by atoms with Crippen LogP contribution in [0.4, 0.5) is 5.69 Å². The molecule has 1 fully saturated rings. The molecule has 0 spiro atoms. The molecule has 164 valence electrons. The number of carbonyl (C=O) groups excluding carboxylic acids is 2. The van der Waals surface area contributed by atoms with Crippen molar-refractivity contribution in [1.82, 2.24) is 0 Å². The van der Waals surface area contributed by atoms with Crippen molar-refractivity contribution in [2.24, 2.45) is 0 Å². The van der Waals surface area contributed by atoms with Gasteiger partial charge >= 0.3 is 0 Å². The lowest BCUT2D eigenvalue weighted by atomic mass is 9.88. The second-order valence-electron chi connectivity index (χ2n) is 8.77. The van der Waals surface area contributed by atoms with Gasteiger partial charge in [-0.15, -0.1) is 0 Å². The zero-order valence-corrected chi connectivity index (χ0v) is 18.5. The molecule has 0 bridgehead atoms. The minimum Gasteiger partial charge on any atom is -0.375 e. The van der Waals surface area contributed by atoms with E-state index in [-0.39, 0.29) is 18.1 Å². The summed E-state index contributed by atoms with van der Waals surface area (Å²) in [6.45, 7) is 10.1. The Morgan fingerprint density at radius 3 is 2.29 bits per heavy atom. The summed E-state index contributed by atoms with van der Waals surface area (Å²) >= 11 is 0. The molecule has 2 aliphatic heterocycles. The van der Waals surface area contributed by atoms with Crippen LogP contribution in [0.25, 0.3) is 0 Å². The first-order valence-electron chi connectivity index (χ1n) is 11.4. The smallest absolute Gasteiger partial charge is 0.268 e. The summed E-state index contributed by atoms with van der Waals surface area (Å²) in [5.74, 6) is -0.604. The van der Waals surface area contributed by atoms with Crippen molar-refractivity contribution in [3.63, 3.8) is 0 Å². The van der Waals surface area contributed by atoms with Gasteiger partial charge in [0, 0.05) is 11.1 Å². The molecule has 2 heterocycles. The molecule has 2 aromatic carbocycles. The summed E-state index contributed by atoms with van der Waals surface area (Å²) in [6, 6.07) is 14.8. The van der Waals surface area contributed by atoms with Crippen molar-refractivity contribution in [3.8, 4) is 0 Å². The molecule has 1 atom stereocenters. The molecule has 31 heavy (non-hydrogen) atoms. The molecule has 2 aromatic rings. The Bertz CT molecular complexity index is 951. The van der Waals surface area contributed by atoms with Gasteiger partial charge in [0.05, 0.1) is 18.7 Å². The second kappa shape index (κ2) is 8.91. The fraction of sp³-hybridized carbons (Fsp3) is 0.440. The zero-order valence-electron chi connectivity index (χ0n) is 18.5. The predicted octanol–water partition coefficient (Wildman–Crippen LogP) is -0.183. The number of fused-ring (bicyclic) bond motifs is 1. The van der Waals surface area contributed by atoms with Crippen LogP contribution in [0.5, 0.6) is 0 Å². The number of rotatable bonds is 7. The lowest BCUT2D eigenvalue weighted by molar-refractivity contribution is -1.01. The minimum atomic E-state index is -1.81. The molecular weight excluding hydrogens is 390 g/mol. The Kier molecular flexibility index (Phi) is 6.23. The quantitative estimate of drug-likeness (QED) is 0.541. The third-order valence-electron chi connectivity index (χ3n) is 6.89. The second-order valence-corrected chi connectivity index (χ2v) is 8.77. The number of aliphatic hydroxyl groups is 1. The molecule has 3 N–H and O–H groups in total. The lowest BCUT2D eigenvalue weighted by Gasteiger charge is -2.32. The number of nitrogens with one attached hydrogen (secondary N) is 2. The Morgan fingerprint density at radius 1 is 1.00 bits per heavy atom. The monoisotopic (exact) mass is 423 g/mol. The molecule has 4 rings (SSSR count). The summed E-state index contributed by atoms with van der Waals surface area (Å²) in [6.07, 6.45) is 0.656. The average molecular weight is 424 g/mol. The van der Waals surface area contributed by atoms with Gasteiger partial charge in [0.15, 0.2) is 18.1 Å². The molecule has 0 saturated carbocycles. The van der Waals surface area contributed by atoms with Crippen molar-refractivity contribution < 1.29 is 24.5 Å². The van der Waals surface area contributed by atoms with Crippen LogP contribution in [0.2, 0.25) is 0 Å². The Morgan fingerprint density at radius 2 is 1.65 bits per heavy atom. The number of quaternary nitrogens is 2. The van der Waals surface area contributed by atoms with Crippen LogP contribution in [0, 0.1) is 0 Å². The number of piperazine rings is 1. The highest BCUT2D eigenvalue weighted by Crippen LogP contribution is 2.42. The third kappa shape index (κ3) is 4.15. The number of Topliss-reactive ketones (excluding diaryl/α,β-unsaturated/α-hetero) is 1. The van der Waals surface area contributed by atoms with Gasteiger partial charge in [0.25, 0.3) is 5.91 Å². The van der Waals surface area contributed by atoms with Gasteiger partial charge in [-0.25, -0.2) is 0 Å². The topological polar surface area (TPSA) is 66.5 Å². The summed E-state index contributed by atoms with van der Waals surface area (Å²) in [5.41, 5.74) is 1.13. The number of hydrogen-bond donors (Lipinski definition) is 3. The summed E-state index contributed by atoms with van der Waals surface area (Å²) in [5, 5.41) is 11.5. The lowest BCUT2D eigenvalue weighted by Crippen LogP contribution is -3.28. The van der Waals surface area contributed by atoms with E-state index in [1.165, 1.54) is 4.90 Å². The standard InChI is InChI=1S/C25H31N3O3/c1-3-19-9-11-20(12-10-19)23(29)17-25(31)21-7-5-6-8-22(21)28(24(25)30)18-27-15-13-26(4-2)14-16-27/h5-12,31H,3-4,13-18H2,1-2H3/p+2/t25-/m0/s1. The first kappa shape index (κ1) is 21.7. The summed E-state index contributed by atoms with van der Waals surface area (Å²) in [7, 11) is 0. The van der Waals surface area contributed by atoms with Gasteiger partial charge in [0.2, 0.25) is 0 Å². The number of nitrogens with zero attached hydrogens (tertiary/aromatic N) is 1. The van der Waals surface area contributed by atoms with Gasteiger partial charge in [-0.05, 0) is 25.0 Å². The zero-order chi connectivity index (χ0) is 22.0. The van der Waals surface area contributed by atoms with Crippen molar-refractivity contribution in [2.75, 3.05) is 44.3 Å². The van der Waals surface area contributed by atoms with E-state index in [0.717, 1.165) is 50.4 Å². The highest BCUT2D eigenvalue weighted by molar-refractivity contribution is 6.10. The molecule has 1 saturated heterocycles. The molecule has 6 nitrogen and oxygen atoms in total. The van der Waals surface area contributed by atoms with Crippen molar-refractivity contribution in [2.45, 2.75) is 32.3 Å². The fourth-order valence-electron chi connectivity index (χ4n) is 4.79. The van der Waals surface area contributed by atoms with Crippen LogP contribution in [-0.2, 0) is 16.8 Å². The number of likely N-dealkylation sites (N-methyl/N-ethyl adjacent to an activating group) is 1. The van der Waals surface area contributed by atoms with E-state index in [0.29, 0.717) is 17.8 Å². The van der Waals surface area contributed by atoms with Crippen molar-refractivity contribution >= 4 is 17.4 Å². The highest BCUT2D eigenvalue weighted by Gasteiger charge is 2.51. The van der Waals surface area contributed by atoms with Crippen LogP contribution in [0.1, 0.15) is 41.8 Å². The van der Waals surface area contributed by atoms with Crippen molar-refractivity contribution in [1.29, 1.82) is 0 Å². The Hall–Kier alpha value is -2.54. The molecule has 6 heteroatoms. The average Bonchev–Trinajstić information content (AvgIpc) is 3.01. The van der Waals surface area contributed by atoms with Gasteiger partial charge in [0.1, 0.15) is 26.2 Å². The molecule has 0 radical (unpaired) electrons. The van der Waals surface area contributed by atoms with E-state index in [2.05, 4.69) is 13.8 Å². The largest absolute Gasteiger partial charge is 0.375 e. The van der Waals surface area contributed by atoms with Crippen LogP contribution >= 0.6 is 0 Å². The number of ketones is 1. The van der Waals surface area contributed by atoms with Crippen LogP contribution in [0.15, 0.2) is 48.5 Å². The molecule has 2 aliphatic rings. The fourth-order valence-corrected chi connectivity index (χ4v) is 4.79. The van der Waals surface area contributed by atoms with Crippen molar-refractivity contribution in [3.05, 3.63) is 65.2 Å². The normalized spacial score (nSPS) is 25.5. The van der Waals surface area contributed by atoms with E-state index in [4.69, 9.17) is 0 Å². The number of para-hydroxylation sites is 1. The number of aryl methyl sites for hydroxylation is 1. The number of amides is 1.